The van der Waals surface area contributed by atoms with Crippen LogP contribution >= 0.6 is 0 Å². The van der Waals surface area contributed by atoms with Crippen LogP contribution in [0.5, 0.6) is 0 Å². The van der Waals surface area contributed by atoms with Crippen molar-refractivity contribution in [2.45, 2.75) is 122 Å². The van der Waals surface area contributed by atoms with E-state index in [9.17, 15) is 34.2 Å². The predicted molar refractivity (Wildman–Crippen MR) is 167 cm³/mol. The fraction of sp³-hybridized carbons (Fsp3) is 0.743. The lowest BCUT2D eigenvalue weighted by atomic mass is 9.44. The molecule has 0 saturated heterocycles. The molecule has 0 spiro atoms. The maximum absolute atomic E-state index is 17.6. The summed E-state index contributed by atoms with van der Waals surface area (Å²) in [4.78, 5) is 64.5. The third kappa shape index (κ3) is 6.21. The zero-order valence-corrected chi connectivity index (χ0v) is 28.1. The smallest absolute Gasteiger partial charge is 0.323 e. The molecule has 11 nitrogen and oxygen atoms in total. The Morgan fingerprint density at radius 2 is 1.79 bits per heavy atom. The number of nitrogens with two attached hydrogens (primary N) is 1. The molecule has 4 N–H and O–H groups in total. The summed E-state index contributed by atoms with van der Waals surface area (Å²) in [6.07, 6.45) is 2.39. The molecule has 12 heteroatoms. The third-order valence-corrected chi connectivity index (χ3v) is 11.5. The maximum atomic E-state index is 17.6. The first-order valence-corrected chi connectivity index (χ1v) is 16.8. The quantitative estimate of drug-likeness (QED) is 0.195. The van der Waals surface area contributed by atoms with Gasteiger partial charge in [-0.15, -0.1) is 0 Å². The molecule has 10 atom stereocenters. The Morgan fingerprint density at radius 1 is 1.09 bits per heavy atom. The summed E-state index contributed by atoms with van der Waals surface area (Å²) >= 11 is 0. The van der Waals surface area contributed by atoms with Gasteiger partial charge in [-0.3, -0.25) is 24.0 Å². The number of esters is 3. The molecule has 0 bridgehead atoms. The highest BCUT2D eigenvalue weighted by Crippen LogP contribution is 2.70. The van der Waals surface area contributed by atoms with Crippen LogP contribution in [-0.2, 0) is 38.2 Å². The highest BCUT2D eigenvalue weighted by molar-refractivity contribution is 6.01. The van der Waals surface area contributed by atoms with Gasteiger partial charge in [-0.2, -0.15) is 0 Å². The van der Waals surface area contributed by atoms with E-state index in [0.717, 1.165) is 6.42 Å². The Morgan fingerprint density at radius 3 is 2.45 bits per heavy atom. The summed E-state index contributed by atoms with van der Waals surface area (Å²) in [5.41, 5.74) is -0.823. The molecule has 0 aromatic carbocycles. The number of alkyl halides is 1. The van der Waals surface area contributed by atoms with E-state index in [1.807, 2.05) is 20.8 Å². The number of ketones is 2. The molecule has 0 aromatic rings. The molecule has 4 rings (SSSR count). The first-order chi connectivity index (χ1) is 22.0. The molecular formula is C35H50FNO10. The summed E-state index contributed by atoms with van der Waals surface area (Å²) in [6.45, 7) is 8.19. The lowest BCUT2D eigenvalue weighted by Gasteiger charge is -2.62. The monoisotopic (exact) mass is 663 g/mol. The number of carbonyl (C=O) groups is 5. The van der Waals surface area contributed by atoms with Gasteiger partial charge in [0, 0.05) is 23.2 Å². The van der Waals surface area contributed by atoms with Crippen LogP contribution in [0.1, 0.15) is 92.4 Å². The number of hydrogen-bond acceptors (Lipinski definition) is 11. The third-order valence-electron chi connectivity index (χ3n) is 11.5. The second kappa shape index (κ2) is 13.9. The second-order valence-electron chi connectivity index (χ2n) is 14.4. The highest BCUT2D eigenvalue weighted by Gasteiger charge is 2.78. The molecule has 4 aliphatic rings. The van der Waals surface area contributed by atoms with Gasteiger partial charge in [0.25, 0.3) is 0 Å². The molecule has 0 amide bonds. The van der Waals surface area contributed by atoms with Crippen molar-refractivity contribution in [1.29, 1.82) is 0 Å². The Bertz CT molecular complexity index is 1330. The van der Waals surface area contributed by atoms with Gasteiger partial charge < -0.3 is 30.2 Å². The Balaban J connectivity index is 1.61. The fourth-order valence-electron chi connectivity index (χ4n) is 8.53. The Labute approximate surface area is 275 Å². The number of halogens is 1. The standard InChI is InChI=1S/C35H50FNO10/c1-6-8-9-29(42)47-35(28(41)19-45-30(43)16-25(37)31(44)46-18-20(3)7-2)26(39)15-24-23-11-10-21-14-22(38)12-13-32(21,4)34(23,36)27(40)17-33(24,35)5/h12-14,20,23-27,39-40H,6-11,15-19,37H2,1-5H3. The van der Waals surface area contributed by atoms with E-state index in [-0.39, 0.29) is 44.0 Å². The van der Waals surface area contributed by atoms with E-state index in [0.29, 0.717) is 24.8 Å². The van der Waals surface area contributed by atoms with Gasteiger partial charge >= 0.3 is 17.9 Å². The summed E-state index contributed by atoms with van der Waals surface area (Å²) in [7, 11) is 0. The zero-order valence-electron chi connectivity index (χ0n) is 28.1. The Kier molecular flexibility index (Phi) is 10.9. The topological polar surface area (TPSA) is 180 Å². The second-order valence-corrected chi connectivity index (χ2v) is 14.4. The van der Waals surface area contributed by atoms with Crippen molar-refractivity contribution in [2.24, 2.45) is 34.3 Å². The summed E-state index contributed by atoms with van der Waals surface area (Å²) in [5.74, 6) is -5.16. The molecule has 10 unspecified atom stereocenters. The first kappa shape index (κ1) is 36.9. The number of rotatable bonds is 13. The minimum absolute atomic E-state index is 0.0452. The van der Waals surface area contributed by atoms with Crippen molar-refractivity contribution in [3.8, 4) is 0 Å². The van der Waals surface area contributed by atoms with Crippen LogP contribution in [0.15, 0.2) is 23.8 Å². The van der Waals surface area contributed by atoms with Crippen molar-refractivity contribution in [1.82, 2.24) is 0 Å². The SMILES string of the molecule is CCCCC(=O)OC1(C(=O)COC(=O)CC(N)C(=O)OCC(C)CC)C(O)CC2C3CCC4=CC(=O)C=CC4(C)C3(F)C(O)CC21C. The summed E-state index contributed by atoms with van der Waals surface area (Å²) < 4.78 is 33.9. The predicted octanol–water partition coefficient (Wildman–Crippen LogP) is 3.22. The number of unbranched alkanes of at least 4 members (excludes halogenated alkanes) is 1. The molecule has 4 aliphatic carbocycles. The van der Waals surface area contributed by atoms with Crippen LogP contribution in [-0.4, -0.2) is 82.4 Å². The molecule has 47 heavy (non-hydrogen) atoms. The highest BCUT2D eigenvalue weighted by atomic mass is 19.1. The van der Waals surface area contributed by atoms with Crippen LogP contribution in [0.2, 0.25) is 0 Å². The van der Waals surface area contributed by atoms with Crippen LogP contribution in [0.3, 0.4) is 0 Å². The van der Waals surface area contributed by atoms with E-state index in [1.165, 1.54) is 18.2 Å². The molecule has 262 valence electrons. The van der Waals surface area contributed by atoms with Gasteiger partial charge in [0.1, 0.15) is 12.1 Å². The first-order valence-electron chi connectivity index (χ1n) is 16.8. The van der Waals surface area contributed by atoms with Crippen LogP contribution < -0.4 is 5.73 Å². The molecule has 0 heterocycles. The van der Waals surface area contributed by atoms with Crippen molar-refractivity contribution in [3.63, 3.8) is 0 Å². The molecule has 0 aliphatic heterocycles. The average Bonchev–Trinajstić information content (AvgIpc) is 3.24. The maximum Gasteiger partial charge on any atom is 0.323 e. The van der Waals surface area contributed by atoms with Gasteiger partial charge in [0.2, 0.25) is 11.4 Å². The van der Waals surface area contributed by atoms with Crippen LogP contribution in [0.25, 0.3) is 0 Å². The van der Waals surface area contributed by atoms with Gasteiger partial charge in [0.15, 0.2) is 18.1 Å². The van der Waals surface area contributed by atoms with Gasteiger partial charge in [-0.1, -0.05) is 52.2 Å². The van der Waals surface area contributed by atoms with E-state index in [4.69, 9.17) is 19.9 Å². The number of hydrogen-bond donors (Lipinski definition) is 3. The van der Waals surface area contributed by atoms with Gasteiger partial charge in [0.05, 0.1) is 19.1 Å². The summed E-state index contributed by atoms with van der Waals surface area (Å²) in [6, 6.07) is -1.33. The minimum Gasteiger partial charge on any atom is -0.464 e. The van der Waals surface area contributed by atoms with E-state index < -0.39 is 88.9 Å². The van der Waals surface area contributed by atoms with Crippen molar-refractivity contribution in [3.05, 3.63) is 23.8 Å². The fourth-order valence-corrected chi connectivity index (χ4v) is 8.53. The number of ether oxygens (including phenoxy) is 3. The Hall–Kier alpha value is -2.96. The van der Waals surface area contributed by atoms with E-state index in [2.05, 4.69) is 0 Å². The largest absolute Gasteiger partial charge is 0.464 e. The number of fused-ring (bicyclic) bond motifs is 5. The van der Waals surface area contributed by atoms with Crippen LogP contribution in [0, 0.1) is 28.6 Å². The minimum atomic E-state index is -2.25. The van der Waals surface area contributed by atoms with Crippen molar-refractivity contribution in [2.75, 3.05) is 13.2 Å². The lowest BCUT2D eigenvalue weighted by Crippen LogP contribution is -2.70. The van der Waals surface area contributed by atoms with Gasteiger partial charge in [-0.25, -0.2) is 4.39 Å². The molecule has 3 fully saturated rings. The molecule has 0 aromatic heterocycles. The molecule has 0 radical (unpaired) electrons. The number of Topliss-reactive ketones (excluding diaryl/α,β-unsaturated/α-hetero) is 1. The van der Waals surface area contributed by atoms with Crippen molar-refractivity contribution < 1.29 is 52.8 Å². The number of aliphatic hydroxyl groups is 2. The van der Waals surface area contributed by atoms with E-state index >= 15 is 4.39 Å². The number of carbonyl (C=O) groups excluding carboxylic acids is 5. The summed E-state index contributed by atoms with van der Waals surface area (Å²) in [5, 5.41) is 23.4. The number of allylic oxidation sites excluding steroid dienone is 4. The van der Waals surface area contributed by atoms with Gasteiger partial charge in [-0.05, 0) is 63.0 Å². The van der Waals surface area contributed by atoms with E-state index in [1.54, 1.807) is 13.8 Å². The average molecular weight is 664 g/mol. The molecule has 3 saturated carbocycles. The molecular weight excluding hydrogens is 613 g/mol. The number of aliphatic hydroxyl groups excluding tert-OH is 2. The lowest BCUT2D eigenvalue weighted by molar-refractivity contribution is -0.232. The normalized spacial score (nSPS) is 37.0. The van der Waals surface area contributed by atoms with Crippen molar-refractivity contribution >= 4 is 29.5 Å². The zero-order chi connectivity index (χ0) is 34.9. The van der Waals surface area contributed by atoms with Crippen LogP contribution in [0.4, 0.5) is 4.39 Å².